The molecule has 0 bridgehead atoms. The second-order valence-electron chi connectivity index (χ2n) is 10.1. The molecule has 3 rings (SSSR count). The normalized spacial score (nSPS) is 23.5. The molecule has 3 nitrogen and oxygen atoms in total. The van der Waals surface area contributed by atoms with E-state index in [2.05, 4.69) is 94.2 Å². The van der Waals surface area contributed by atoms with E-state index < -0.39 is 8.32 Å². The Morgan fingerprint density at radius 3 is 1.90 bits per heavy atom. The minimum atomic E-state index is -1.90. The first kappa shape index (κ1) is 22.9. The lowest BCUT2D eigenvalue weighted by Gasteiger charge is -2.50. The lowest BCUT2D eigenvalue weighted by Crippen LogP contribution is -2.58. The van der Waals surface area contributed by atoms with Crippen molar-refractivity contribution in [3.63, 3.8) is 0 Å². The lowest BCUT2D eigenvalue weighted by molar-refractivity contribution is -0.118. The topological polar surface area (TPSA) is 29.5 Å². The van der Waals surface area contributed by atoms with Crippen LogP contribution in [-0.4, -0.2) is 37.7 Å². The van der Waals surface area contributed by atoms with Crippen LogP contribution in [0.4, 0.5) is 0 Å². The van der Waals surface area contributed by atoms with Crippen LogP contribution < -0.4 is 0 Å². The molecule has 1 saturated heterocycles. The van der Waals surface area contributed by atoms with E-state index in [4.69, 9.17) is 4.43 Å². The Morgan fingerprint density at radius 2 is 1.47 bits per heavy atom. The van der Waals surface area contributed by atoms with Crippen molar-refractivity contribution in [2.45, 2.75) is 82.9 Å². The molecule has 30 heavy (non-hydrogen) atoms. The van der Waals surface area contributed by atoms with Gasteiger partial charge in [0.2, 0.25) is 0 Å². The van der Waals surface area contributed by atoms with Gasteiger partial charge in [0.05, 0.1) is 18.2 Å². The van der Waals surface area contributed by atoms with Gasteiger partial charge < -0.3 is 9.22 Å². The monoisotopic (exact) mass is 423 g/mol. The first-order valence-corrected chi connectivity index (χ1v) is 14.1. The molecular formula is C26H37NO2Si. The molecule has 2 aromatic rings. The van der Waals surface area contributed by atoms with E-state index in [0.717, 1.165) is 19.1 Å². The number of rotatable bonds is 6. The summed E-state index contributed by atoms with van der Waals surface area (Å²) in [5.74, 6) is 0. The first-order valence-electron chi connectivity index (χ1n) is 11.2. The molecule has 1 fully saturated rings. The van der Waals surface area contributed by atoms with Gasteiger partial charge in [-0.1, -0.05) is 81.4 Å². The number of aldehydes is 1. The zero-order valence-electron chi connectivity index (χ0n) is 19.3. The minimum absolute atomic E-state index is 0.0309. The standard InChI is InChI=1S/C26H37NO2Si/c1-20-24(29-30(5,6)26(2,3)4)18-17-23(19-28)27(20)25(21-13-9-7-10-14-21)22-15-11-8-12-16-22/h7-16,19-20,23-25H,17-18H2,1-6H3/t20-,23-,24+/m0/s1. The molecule has 0 amide bonds. The third-order valence-corrected chi connectivity index (χ3v) is 11.6. The molecule has 0 spiro atoms. The molecule has 1 aliphatic rings. The molecule has 0 aliphatic carbocycles. The van der Waals surface area contributed by atoms with E-state index in [0.29, 0.717) is 0 Å². The summed E-state index contributed by atoms with van der Waals surface area (Å²) in [4.78, 5) is 14.6. The van der Waals surface area contributed by atoms with Crippen molar-refractivity contribution in [3.8, 4) is 0 Å². The lowest BCUT2D eigenvalue weighted by atomic mass is 9.87. The van der Waals surface area contributed by atoms with E-state index in [1.54, 1.807) is 0 Å². The van der Waals surface area contributed by atoms with Crippen LogP contribution in [-0.2, 0) is 9.22 Å². The zero-order chi connectivity index (χ0) is 21.9. The molecule has 0 N–H and O–H groups in total. The summed E-state index contributed by atoms with van der Waals surface area (Å²) in [7, 11) is -1.90. The van der Waals surface area contributed by atoms with Gasteiger partial charge >= 0.3 is 0 Å². The van der Waals surface area contributed by atoms with Gasteiger partial charge in [-0.05, 0) is 49.0 Å². The van der Waals surface area contributed by atoms with Crippen LogP contribution in [0.3, 0.4) is 0 Å². The number of piperidine rings is 1. The van der Waals surface area contributed by atoms with E-state index in [9.17, 15) is 4.79 Å². The van der Waals surface area contributed by atoms with Crippen LogP contribution in [0, 0.1) is 0 Å². The molecule has 0 aromatic heterocycles. The number of likely N-dealkylation sites (tertiary alicyclic amines) is 1. The summed E-state index contributed by atoms with van der Waals surface area (Å²) >= 11 is 0. The third kappa shape index (κ3) is 4.77. The van der Waals surface area contributed by atoms with E-state index in [1.807, 2.05) is 12.1 Å². The highest BCUT2D eigenvalue weighted by atomic mass is 28.4. The van der Waals surface area contributed by atoms with Crippen LogP contribution in [0.25, 0.3) is 0 Å². The Labute approximate surface area is 183 Å². The summed E-state index contributed by atoms with van der Waals surface area (Å²) in [5.41, 5.74) is 2.44. The van der Waals surface area contributed by atoms with Crippen LogP contribution in [0.5, 0.6) is 0 Å². The maximum absolute atomic E-state index is 12.2. The zero-order valence-corrected chi connectivity index (χ0v) is 20.3. The first-order chi connectivity index (χ1) is 14.2. The summed E-state index contributed by atoms with van der Waals surface area (Å²) < 4.78 is 6.88. The second kappa shape index (κ2) is 9.17. The largest absolute Gasteiger partial charge is 0.412 e. The predicted octanol–water partition coefficient (Wildman–Crippen LogP) is 6.22. The number of benzene rings is 2. The van der Waals surface area contributed by atoms with Crippen molar-refractivity contribution in [2.24, 2.45) is 0 Å². The van der Waals surface area contributed by atoms with Crippen molar-refractivity contribution in [2.75, 3.05) is 0 Å². The highest BCUT2D eigenvalue weighted by Gasteiger charge is 2.45. The highest BCUT2D eigenvalue weighted by Crippen LogP contribution is 2.42. The number of carbonyl (C=O) groups is 1. The van der Waals surface area contributed by atoms with Gasteiger partial charge in [-0.2, -0.15) is 0 Å². The van der Waals surface area contributed by atoms with Gasteiger partial charge in [0.15, 0.2) is 8.32 Å². The van der Waals surface area contributed by atoms with Crippen LogP contribution >= 0.6 is 0 Å². The van der Waals surface area contributed by atoms with Crippen LogP contribution in [0.15, 0.2) is 60.7 Å². The fraction of sp³-hybridized carbons (Fsp3) is 0.500. The molecule has 0 saturated carbocycles. The number of hydrogen-bond donors (Lipinski definition) is 0. The summed E-state index contributed by atoms with van der Waals surface area (Å²) in [6.07, 6.45) is 3.04. The molecule has 0 radical (unpaired) electrons. The number of hydrogen-bond acceptors (Lipinski definition) is 3. The van der Waals surface area contributed by atoms with Gasteiger partial charge in [0.25, 0.3) is 0 Å². The van der Waals surface area contributed by atoms with Crippen molar-refractivity contribution in [1.82, 2.24) is 4.90 Å². The Bertz CT molecular complexity index is 776. The SMILES string of the molecule is C[C@H]1[C@H](O[Si](C)(C)C(C)(C)C)CC[C@@H](C=O)N1C(c1ccccc1)c1ccccc1. The summed E-state index contributed by atoms with van der Waals surface area (Å²) in [5, 5.41) is 0.164. The van der Waals surface area contributed by atoms with Crippen LogP contribution in [0.2, 0.25) is 18.1 Å². The average molecular weight is 424 g/mol. The molecule has 0 unspecified atom stereocenters. The maximum Gasteiger partial charge on any atom is 0.192 e. The highest BCUT2D eigenvalue weighted by molar-refractivity contribution is 6.74. The van der Waals surface area contributed by atoms with E-state index >= 15 is 0 Å². The van der Waals surface area contributed by atoms with E-state index in [1.165, 1.54) is 11.1 Å². The average Bonchev–Trinajstić information content (AvgIpc) is 2.71. The van der Waals surface area contributed by atoms with E-state index in [-0.39, 0.29) is 29.3 Å². The molecule has 3 atom stereocenters. The van der Waals surface area contributed by atoms with Crippen molar-refractivity contribution in [3.05, 3.63) is 71.8 Å². The Morgan fingerprint density at radius 1 is 0.967 bits per heavy atom. The molecule has 1 aliphatic heterocycles. The summed E-state index contributed by atoms with van der Waals surface area (Å²) in [6, 6.07) is 21.2. The Hall–Kier alpha value is -1.75. The predicted molar refractivity (Wildman–Crippen MR) is 127 cm³/mol. The summed E-state index contributed by atoms with van der Waals surface area (Å²) in [6.45, 7) is 13.7. The van der Waals surface area contributed by atoms with Gasteiger partial charge in [0.1, 0.15) is 6.29 Å². The van der Waals surface area contributed by atoms with Crippen LogP contribution in [0.1, 0.15) is 57.7 Å². The second-order valence-corrected chi connectivity index (χ2v) is 14.9. The molecule has 1 heterocycles. The number of nitrogens with zero attached hydrogens (tertiary/aromatic N) is 1. The quantitative estimate of drug-likeness (QED) is 0.408. The third-order valence-electron chi connectivity index (χ3n) is 7.08. The molecule has 2 aromatic carbocycles. The molecule has 4 heteroatoms. The van der Waals surface area contributed by atoms with Gasteiger partial charge in [0, 0.05) is 6.04 Å². The Kier molecular flexibility index (Phi) is 7.01. The molecular weight excluding hydrogens is 386 g/mol. The fourth-order valence-electron chi connectivity index (χ4n) is 4.30. The van der Waals surface area contributed by atoms with Gasteiger partial charge in [-0.15, -0.1) is 0 Å². The molecule has 162 valence electrons. The van der Waals surface area contributed by atoms with Gasteiger partial charge in [-0.3, -0.25) is 4.90 Å². The number of carbonyl (C=O) groups excluding carboxylic acids is 1. The smallest absolute Gasteiger partial charge is 0.192 e. The maximum atomic E-state index is 12.2. The fourth-order valence-corrected chi connectivity index (χ4v) is 5.73. The van der Waals surface area contributed by atoms with Crippen molar-refractivity contribution < 1.29 is 9.22 Å². The van der Waals surface area contributed by atoms with Crippen molar-refractivity contribution in [1.29, 1.82) is 0 Å². The Balaban J connectivity index is 2.00. The van der Waals surface area contributed by atoms with Gasteiger partial charge in [-0.25, -0.2) is 0 Å². The van der Waals surface area contributed by atoms with Crippen molar-refractivity contribution >= 4 is 14.6 Å². The minimum Gasteiger partial charge on any atom is -0.412 e.